The second-order valence-corrected chi connectivity index (χ2v) is 5.39. The summed E-state index contributed by atoms with van der Waals surface area (Å²) in [5, 5.41) is 9.29. The molecule has 0 fully saturated rings. The van der Waals surface area contributed by atoms with Crippen LogP contribution in [-0.4, -0.2) is 25.9 Å². The minimum atomic E-state index is 0.541. The summed E-state index contributed by atoms with van der Waals surface area (Å²) in [4.78, 5) is 4.45. The number of alkyl halides is 1. The van der Waals surface area contributed by atoms with Crippen LogP contribution in [-0.2, 0) is 6.42 Å². The first kappa shape index (κ1) is 12.6. The minimum Gasteiger partial charge on any atom is -0.253 e. The zero-order valence-electron chi connectivity index (χ0n) is 9.92. The maximum absolute atomic E-state index is 5.71. The molecule has 3 aromatic rings. The van der Waals surface area contributed by atoms with Crippen LogP contribution in [0.1, 0.15) is 5.69 Å². The third-order valence-electron chi connectivity index (χ3n) is 2.79. The van der Waals surface area contributed by atoms with Crippen molar-refractivity contribution in [2.24, 2.45) is 0 Å². The molecule has 0 aliphatic rings. The fourth-order valence-electron chi connectivity index (χ4n) is 1.93. The monoisotopic (exact) mass is 336 g/mol. The third kappa shape index (κ3) is 2.48. The molecule has 2 heterocycles. The molecule has 1 aromatic carbocycles. The first-order valence-corrected chi connectivity index (χ1v) is 7.12. The SMILES string of the molecule is ClCCc1cn(-c2cccc3cc(Br)cnc23)nn1. The van der Waals surface area contributed by atoms with Crippen molar-refractivity contribution >= 4 is 38.4 Å². The molecule has 0 aliphatic heterocycles. The number of fused-ring (bicyclic) bond motifs is 1. The summed E-state index contributed by atoms with van der Waals surface area (Å²) in [6.45, 7) is 0. The van der Waals surface area contributed by atoms with Gasteiger partial charge in [-0.15, -0.1) is 16.7 Å². The van der Waals surface area contributed by atoms with Crippen LogP contribution in [0.25, 0.3) is 16.6 Å². The molecule has 0 atom stereocenters. The topological polar surface area (TPSA) is 43.6 Å². The normalized spacial score (nSPS) is 11.1. The molecule has 0 amide bonds. The highest BCUT2D eigenvalue weighted by Crippen LogP contribution is 2.22. The predicted octanol–water partition coefficient (Wildman–Crippen LogP) is 3.36. The van der Waals surface area contributed by atoms with Gasteiger partial charge >= 0.3 is 0 Å². The number of rotatable bonds is 3. The van der Waals surface area contributed by atoms with Crippen molar-refractivity contribution < 1.29 is 0 Å². The lowest BCUT2D eigenvalue weighted by Gasteiger charge is -2.04. The Morgan fingerprint density at radius 1 is 1.32 bits per heavy atom. The van der Waals surface area contributed by atoms with Gasteiger partial charge in [-0.05, 0) is 28.1 Å². The van der Waals surface area contributed by atoms with Crippen molar-refractivity contribution in [2.75, 3.05) is 5.88 Å². The van der Waals surface area contributed by atoms with Gasteiger partial charge in [-0.25, -0.2) is 4.68 Å². The second-order valence-electron chi connectivity index (χ2n) is 4.10. The fourth-order valence-corrected chi connectivity index (χ4v) is 2.47. The zero-order valence-corrected chi connectivity index (χ0v) is 12.3. The van der Waals surface area contributed by atoms with Crippen molar-refractivity contribution in [2.45, 2.75) is 6.42 Å². The van der Waals surface area contributed by atoms with Crippen LogP contribution >= 0.6 is 27.5 Å². The van der Waals surface area contributed by atoms with E-state index in [2.05, 4.69) is 31.2 Å². The molecular formula is C13H10BrClN4. The van der Waals surface area contributed by atoms with E-state index in [0.29, 0.717) is 12.3 Å². The van der Waals surface area contributed by atoms with Crippen LogP contribution in [0.4, 0.5) is 0 Å². The Hall–Kier alpha value is -1.46. The van der Waals surface area contributed by atoms with E-state index in [0.717, 1.165) is 26.8 Å². The van der Waals surface area contributed by atoms with E-state index in [1.807, 2.05) is 30.5 Å². The molecule has 0 bridgehead atoms. The van der Waals surface area contributed by atoms with E-state index in [9.17, 15) is 0 Å². The Bertz CT molecular complexity index is 725. The van der Waals surface area contributed by atoms with Gasteiger partial charge < -0.3 is 0 Å². The molecule has 0 saturated heterocycles. The van der Waals surface area contributed by atoms with Crippen LogP contribution < -0.4 is 0 Å². The molecule has 96 valence electrons. The van der Waals surface area contributed by atoms with Crippen molar-refractivity contribution in [3.05, 3.63) is 46.8 Å². The molecule has 3 rings (SSSR count). The average Bonchev–Trinajstić information content (AvgIpc) is 2.86. The molecule has 0 N–H and O–H groups in total. The largest absolute Gasteiger partial charge is 0.253 e. The van der Waals surface area contributed by atoms with Gasteiger partial charge in [-0.1, -0.05) is 17.3 Å². The van der Waals surface area contributed by atoms with Gasteiger partial charge in [0.2, 0.25) is 0 Å². The number of hydrogen-bond acceptors (Lipinski definition) is 3. The van der Waals surface area contributed by atoms with E-state index >= 15 is 0 Å². The smallest absolute Gasteiger partial charge is 0.0960 e. The Labute approximate surface area is 123 Å². The molecule has 0 unspecified atom stereocenters. The number of hydrogen-bond donors (Lipinski definition) is 0. The van der Waals surface area contributed by atoms with Gasteiger partial charge in [-0.2, -0.15) is 0 Å². The Kier molecular flexibility index (Phi) is 3.48. The highest BCUT2D eigenvalue weighted by atomic mass is 79.9. The van der Waals surface area contributed by atoms with Crippen molar-refractivity contribution in [3.63, 3.8) is 0 Å². The Morgan fingerprint density at radius 2 is 2.21 bits per heavy atom. The summed E-state index contributed by atoms with van der Waals surface area (Å²) in [5.41, 5.74) is 2.69. The standard InChI is InChI=1S/C13H10BrClN4/c14-10-6-9-2-1-3-12(13(9)16-7-10)19-8-11(4-5-15)17-18-19/h1-3,6-8H,4-5H2. The van der Waals surface area contributed by atoms with Crippen LogP contribution in [0.2, 0.25) is 0 Å². The van der Waals surface area contributed by atoms with Gasteiger partial charge in [0.15, 0.2) is 0 Å². The van der Waals surface area contributed by atoms with Gasteiger partial charge in [0, 0.05) is 28.4 Å². The van der Waals surface area contributed by atoms with Gasteiger partial charge in [-0.3, -0.25) is 4.98 Å². The fraction of sp³-hybridized carbons (Fsp3) is 0.154. The highest BCUT2D eigenvalue weighted by molar-refractivity contribution is 9.10. The summed E-state index contributed by atoms with van der Waals surface area (Å²) in [6.07, 6.45) is 4.38. The molecule has 2 aromatic heterocycles. The van der Waals surface area contributed by atoms with Gasteiger partial charge in [0.25, 0.3) is 0 Å². The molecule has 0 spiro atoms. The molecule has 19 heavy (non-hydrogen) atoms. The Morgan fingerprint density at radius 3 is 3.05 bits per heavy atom. The summed E-state index contributed by atoms with van der Waals surface area (Å²) >= 11 is 9.14. The molecule has 0 radical (unpaired) electrons. The Balaban J connectivity index is 2.13. The molecule has 4 nitrogen and oxygen atoms in total. The zero-order chi connectivity index (χ0) is 13.2. The number of benzene rings is 1. The molecular weight excluding hydrogens is 328 g/mol. The number of aryl methyl sites for hydroxylation is 1. The summed E-state index contributed by atoms with van der Waals surface area (Å²) < 4.78 is 2.70. The molecule has 6 heteroatoms. The number of aromatic nitrogens is 4. The summed E-state index contributed by atoms with van der Waals surface area (Å²) in [5.74, 6) is 0.541. The third-order valence-corrected chi connectivity index (χ3v) is 3.42. The van der Waals surface area contributed by atoms with Gasteiger partial charge in [0.1, 0.15) is 0 Å². The van der Waals surface area contributed by atoms with Crippen molar-refractivity contribution in [3.8, 4) is 5.69 Å². The van der Waals surface area contributed by atoms with E-state index < -0.39 is 0 Å². The van der Waals surface area contributed by atoms with E-state index in [-0.39, 0.29) is 0 Å². The number of halogens is 2. The number of nitrogens with zero attached hydrogens (tertiary/aromatic N) is 4. The lowest BCUT2D eigenvalue weighted by atomic mass is 10.2. The van der Waals surface area contributed by atoms with Crippen molar-refractivity contribution in [1.29, 1.82) is 0 Å². The number of para-hydroxylation sites is 1. The van der Waals surface area contributed by atoms with E-state index in [1.165, 1.54) is 0 Å². The van der Waals surface area contributed by atoms with E-state index in [1.54, 1.807) is 10.9 Å². The van der Waals surface area contributed by atoms with Crippen LogP contribution in [0.3, 0.4) is 0 Å². The van der Waals surface area contributed by atoms with Crippen LogP contribution in [0, 0.1) is 0 Å². The first-order chi connectivity index (χ1) is 9.28. The van der Waals surface area contributed by atoms with Gasteiger partial charge in [0.05, 0.1) is 23.1 Å². The average molecular weight is 338 g/mol. The lowest BCUT2D eigenvalue weighted by Crippen LogP contribution is -1.97. The molecule has 0 saturated carbocycles. The minimum absolute atomic E-state index is 0.541. The predicted molar refractivity (Wildman–Crippen MR) is 78.8 cm³/mol. The number of pyridine rings is 1. The van der Waals surface area contributed by atoms with Crippen LogP contribution in [0.5, 0.6) is 0 Å². The quantitative estimate of drug-likeness (QED) is 0.688. The summed E-state index contributed by atoms with van der Waals surface area (Å²) in [7, 11) is 0. The first-order valence-electron chi connectivity index (χ1n) is 5.80. The maximum Gasteiger partial charge on any atom is 0.0960 e. The lowest BCUT2D eigenvalue weighted by molar-refractivity contribution is 0.801. The molecule has 0 aliphatic carbocycles. The summed E-state index contributed by atoms with van der Waals surface area (Å²) in [6, 6.07) is 8.01. The maximum atomic E-state index is 5.71. The van der Waals surface area contributed by atoms with E-state index in [4.69, 9.17) is 11.6 Å². The second kappa shape index (κ2) is 5.27. The van der Waals surface area contributed by atoms with Crippen LogP contribution in [0.15, 0.2) is 41.1 Å². The highest BCUT2D eigenvalue weighted by Gasteiger charge is 2.07. The van der Waals surface area contributed by atoms with Crippen molar-refractivity contribution in [1.82, 2.24) is 20.0 Å².